The molecule has 0 radical (unpaired) electrons. The summed E-state index contributed by atoms with van der Waals surface area (Å²) in [6.45, 7) is 4.60. The minimum Gasteiger partial charge on any atom is -0.496 e. The molecular weight excluding hydrogens is 216 g/mol. The monoisotopic (exact) mass is 236 g/mol. The fraction of sp³-hybridized carbons (Fsp3) is 0.462. The van der Waals surface area contributed by atoms with Crippen LogP contribution in [0.5, 0.6) is 5.75 Å². The van der Waals surface area contributed by atoms with E-state index in [4.69, 9.17) is 4.74 Å². The van der Waals surface area contributed by atoms with Crippen molar-refractivity contribution in [2.75, 3.05) is 32.6 Å². The van der Waals surface area contributed by atoms with Crippen LogP contribution in [0.3, 0.4) is 0 Å². The van der Waals surface area contributed by atoms with E-state index in [1.165, 1.54) is 0 Å². The van der Waals surface area contributed by atoms with Crippen molar-refractivity contribution in [3.05, 3.63) is 23.8 Å². The van der Waals surface area contributed by atoms with Gasteiger partial charge in [0, 0.05) is 26.3 Å². The van der Waals surface area contributed by atoms with Crippen molar-refractivity contribution in [1.29, 1.82) is 0 Å². The predicted molar refractivity (Wildman–Crippen MR) is 69.8 cm³/mol. The minimum atomic E-state index is -0.0166. The quantitative estimate of drug-likeness (QED) is 0.807. The number of hydrogen-bond acceptors (Lipinski definition) is 2. The van der Waals surface area contributed by atoms with Crippen LogP contribution in [0.25, 0.3) is 0 Å². The molecule has 0 heterocycles. The van der Waals surface area contributed by atoms with Crippen LogP contribution in [-0.2, 0) is 0 Å². The van der Waals surface area contributed by atoms with Gasteiger partial charge >= 0.3 is 6.03 Å². The van der Waals surface area contributed by atoms with Gasteiger partial charge in [-0.15, -0.1) is 0 Å². The zero-order chi connectivity index (χ0) is 13.0. The molecule has 0 fully saturated rings. The number of benzene rings is 1. The van der Waals surface area contributed by atoms with Crippen LogP contribution < -0.4 is 9.64 Å². The lowest BCUT2D eigenvalue weighted by molar-refractivity contribution is 0.219. The first-order valence-electron chi connectivity index (χ1n) is 5.64. The van der Waals surface area contributed by atoms with Gasteiger partial charge in [0.25, 0.3) is 0 Å². The second kappa shape index (κ2) is 5.57. The highest BCUT2D eigenvalue weighted by molar-refractivity contribution is 5.91. The van der Waals surface area contributed by atoms with Gasteiger partial charge in [-0.3, -0.25) is 4.90 Å². The van der Waals surface area contributed by atoms with Crippen molar-refractivity contribution in [3.63, 3.8) is 0 Å². The Morgan fingerprint density at radius 2 is 2.00 bits per heavy atom. The van der Waals surface area contributed by atoms with Crippen molar-refractivity contribution >= 4 is 11.7 Å². The summed E-state index contributed by atoms with van der Waals surface area (Å²) in [7, 11) is 5.20. The first-order valence-corrected chi connectivity index (χ1v) is 5.64. The Morgan fingerprint density at radius 1 is 1.35 bits per heavy atom. The van der Waals surface area contributed by atoms with E-state index in [1.54, 1.807) is 31.0 Å². The Labute approximate surface area is 103 Å². The topological polar surface area (TPSA) is 32.8 Å². The van der Waals surface area contributed by atoms with Gasteiger partial charge < -0.3 is 9.64 Å². The molecule has 0 unspecified atom stereocenters. The van der Waals surface area contributed by atoms with E-state index >= 15 is 0 Å². The van der Waals surface area contributed by atoms with Crippen molar-refractivity contribution in [3.8, 4) is 5.75 Å². The van der Waals surface area contributed by atoms with Gasteiger partial charge in [0.2, 0.25) is 0 Å². The molecule has 0 saturated heterocycles. The third-order valence-electron chi connectivity index (χ3n) is 2.85. The van der Waals surface area contributed by atoms with Crippen LogP contribution in [-0.4, -0.2) is 38.7 Å². The zero-order valence-corrected chi connectivity index (χ0v) is 11.2. The second-order valence-electron chi connectivity index (χ2n) is 4.01. The SMILES string of the molecule is CCN(C)C(=O)N(C)c1ccc(OC)c(C)c1. The molecule has 0 aliphatic rings. The molecule has 0 bridgehead atoms. The summed E-state index contributed by atoms with van der Waals surface area (Å²) in [5.74, 6) is 0.832. The van der Waals surface area contributed by atoms with Crippen LogP contribution in [0.2, 0.25) is 0 Å². The first kappa shape index (κ1) is 13.4. The summed E-state index contributed by atoms with van der Waals surface area (Å²) in [5, 5.41) is 0. The summed E-state index contributed by atoms with van der Waals surface area (Å²) < 4.78 is 5.19. The molecular formula is C13H20N2O2. The van der Waals surface area contributed by atoms with E-state index in [0.29, 0.717) is 6.54 Å². The van der Waals surface area contributed by atoms with Crippen LogP contribution in [0.15, 0.2) is 18.2 Å². The molecule has 2 amide bonds. The minimum absolute atomic E-state index is 0.0166. The van der Waals surface area contributed by atoms with Crippen molar-refractivity contribution in [1.82, 2.24) is 4.90 Å². The van der Waals surface area contributed by atoms with Gasteiger partial charge in [0.1, 0.15) is 5.75 Å². The lowest BCUT2D eigenvalue weighted by atomic mass is 10.2. The molecule has 0 N–H and O–H groups in total. The predicted octanol–water partition coefficient (Wildman–Crippen LogP) is 2.51. The number of amides is 2. The van der Waals surface area contributed by atoms with Gasteiger partial charge in [0.05, 0.1) is 7.11 Å². The highest BCUT2D eigenvalue weighted by Crippen LogP contribution is 2.23. The van der Waals surface area contributed by atoms with Crippen LogP contribution in [0.4, 0.5) is 10.5 Å². The molecule has 1 aromatic rings. The first-order chi connectivity index (χ1) is 8.01. The molecule has 0 spiro atoms. The fourth-order valence-electron chi connectivity index (χ4n) is 1.57. The maximum absolute atomic E-state index is 12.0. The molecule has 4 nitrogen and oxygen atoms in total. The van der Waals surface area contributed by atoms with E-state index < -0.39 is 0 Å². The molecule has 1 aromatic carbocycles. The highest BCUT2D eigenvalue weighted by Gasteiger charge is 2.14. The molecule has 4 heteroatoms. The zero-order valence-electron chi connectivity index (χ0n) is 11.2. The summed E-state index contributed by atoms with van der Waals surface area (Å²) in [6, 6.07) is 5.69. The number of carbonyl (C=O) groups excluding carboxylic acids is 1. The van der Waals surface area contributed by atoms with Gasteiger partial charge in [-0.05, 0) is 37.6 Å². The summed E-state index contributed by atoms with van der Waals surface area (Å²) in [6.07, 6.45) is 0. The van der Waals surface area contributed by atoms with Gasteiger partial charge in [-0.2, -0.15) is 0 Å². The van der Waals surface area contributed by atoms with E-state index in [2.05, 4.69) is 0 Å². The Balaban J connectivity index is 2.93. The molecule has 0 aliphatic carbocycles. The lowest BCUT2D eigenvalue weighted by Gasteiger charge is -2.24. The van der Waals surface area contributed by atoms with Crippen LogP contribution in [0, 0.1) is 6.92 Å². The molecule has 1 rings (SSSR count). The molecule has 0 aliphatic heterocycles. The van der Waals surface area contributed by atoms with Gasteiger partial charge in [-0.25, -0.2) is 4.79 Å². The number of nitrogens with zero attached hydrogens (tertiary/aromatic N) is 2. The third kappa shape index (κ3) is 2.90. The summed E-state index contributed by atoms with van der Waals surface area (Å²) >= 11 is 0. The van der Waals surface area contributed by atoms with Crippen LogP contribution in [0.1, 0.15) is 12.5 Å². The number of hydrogen-bond donors (Lipinski definition) is 0. The Bertz CT molecular complexity index is 404. The smallest absolute Gasteiger partial charge is 0.323 e. The van der Waals surface area contributed by atoms with E-state index in [0.717, 1.165) is 17.0 Å². The van der Waals surface area contributed by atoms with Crippen LogP contribution >= 0.6 is 0 Å². The lowest BCUT2D eigenvalue weighted by Crippen LogP contribution is -2.38. The summed E-state index contributed by atoms with van der Waals surface area (Å²) in [4.78, 5) is 15.3. The van der Waals surface area contributed by atoms with Crippen molar-refractivity contribution in [2.45, 2.75) is 13.8 Å². The number of ether oxygens (including phenoxy) is 1. The molecule has 0 aromatic heterocycles. The standard InChI is InChI=1S/C13H20N2O2/c1-6-14(3)13(16)15(4)11-7-8-12(17-5)10(2)9-11/h7-9H,6H2,1-5H3. The number of methoxy groups -OCH3 is 1. The van der Waals surface area contributed by atoms with Crippen molar-refractivity contribution in [2.24, 2.45) is 0 Å². The van der Waals surface area contributed by atoms with Crippen molar-refractivity contribution < 1.29 is 9.53 Å². The van der Waals surface area contributed by atoms with E-state index in [-0.39, 0.29) is 6.03 Å². The fourth-order valence-corrected chi connectivity index (χ4v) is 1.57. The molecule has 17 heavy (non-hydrogen) atoms. The maximum atomic E-state index is 12.0. The number of rotatable bonds is 3. The van der Waals surface area contributed by atoms with E-state index in [9.17, 15) is 4.79 Å². The van der Waals surface area contributed by atoms with Gasteiger partial charge in [-0.1, -0.05) is 0 Å². The average molecular weight is 236 g/mol. The number of anilines is 1. The van der Waals surface area contributed by atoms with E-state index in [1.807, 2.05) is 32.0 Å². The molecule has 94 valence electrons. The Hall–Kier alpha value is -1.71. The second-order valence-corrected chi connectivity index (χ2v) is 4.01. The summed E-state index contributed by atoms with van der Waals surface area (Å²) in [5.41, 5.74) is 1.89. The highest BCUT2D eigenvalue weighted by atomic mass is 16.5. The Morgan fingerprint density at radius 3 is 2.47 bits per heavy atom. The van der Waals surface area contributed by atoms with Gasteiger partial charge in [0.15, 0.2) is 0 Å². The normalized spacial score (nSPS) is 9.94. The number of aryl methyl sites for hydroxylation is 1. The molecule has 0 atom stereocenters. The molecule has 0 saturated carbocycles. The Kier molecular flexibility index (Phi) is 4.37. The maximum Gasteiger partial charge on any atom is 0.323 e. The average Bonchev–Trinajstić information content (AvgIpc) is 2.35. The number of urea groups is 1. The largest absolute Gasteiger partial charge is 0.496 e. The number of carbonyl (C=O) groups is 1. The third-order valence-corrected chi connectivity index (χ3v) is 2.85.